The lowest BCUT2D eigenvalue weighted by Gasteiger charge is -1.85. The summed E-state index contributed by atoms with van der Waals surface area (Å²) < 4.78 is 0. The van der Waals surface area contributed by atoms with Crippen LogP contribution >= 0.6 is 0 Å². The van der Waals surface area contributed by atoms with Crippen molar-refractivity contribution in [2.75, 3.05) is 0 Å². The van der Waals surface area contributed by atoms with Crippen LogP contribution in [0.5, 0.6) is 0 Å². The molecule has 0 aromatic heterocycles. The van der Waals surface area contributed by atoms with E-state index in [0.29, 0.717) is 0 Å². The van der Waals surface area contributed by atoms with Gasteiger partial charge in [-0.1, -0.05) is 64.1 Å². The maximum atomic E-state index is 10.0. The summed E-state index contributed by atoms with van der Waals surface area (Å²) in [5, 5.41) is 20.0. The zero-order valence-corrected chi connectivity index (χ0v) is 13.3. The van der Waals surface area contributed by atoms with Crippen molar-refractivity contribution >= 4 is 11.4 Å². The van der Waals surface area contributed by atoms with Gasteiger partial charge in [0.25, 0.3) is 11.4 Å². The van der Waals surface area contributed by atoms with Crippen molar-refractivity contribution in [3.63, 3.8) is 0 Å². The Labute approximate surface area is 130 Å². The van der Waals surface area contributed by atoms with Crippen molar-refractivity contribution in [2.24, 2.45) is 0 Å². The Bertz CT molecular complexity index is 467. The molecule has 0 aliphatic carbocycles. The molecular weight excluding hydrogens is 284 g/mol. The van der Waals surface area contributed by atoms with Crippen LogP contribution in [0.15, 0.2) is 60.7 Å². The van der Waals surface area contributed by atoms with E-state index in [1.807, 2.05) is 27.7 Å². The molecule has 0 amide bonds. The van der Waals surface area contributed by atoms with Crippen LogP contribution < -0.4 is 0 Å². The quantitative estimate of drug-likeness (QED) is 0.560. The molecule has 6 nitrogen and oxygen atoms in total. The fourth-order valence-corrected chi connectivity index (χ4v) is 1.10. The highest BCUT2D eigenvalue weighted by molar-refractivity contribution is 5.28. The SMILES string of the molecule is CC.CC.O=[N+]([O-])c1ccccc1.O=[N+]([O-])c1ccccc1. The molecule has 0 saturated carbocycles. The molecular formula is C16H22N2O4. The Kier molecular flexibility index (Phi) is 14.3. The largest absolute Gasteiger partial charge is 0.269 e. The molecule has 2 aromatic rings. The van der Waals surface area contributed by atoms with E-state index in [4.69, 9.17) is 0 Å². The third kappa shape index (κ3) is 10.1. The minimum atomic E-state index is -0.417. The third-order valence-electron chi connectivity index (χ3n) is 1.93. The molecule has 0 aliphatic rings. The van der Waals surface area contributed by atoms with Gasteiger partial charge in [-0.15, -0.1) is 0 Å². The average Bonchev–Trinajstić information content (AvgIpc) is 2.60. The zero-order valence-electron chi connectivity index (χ0n) is 13.3. The molecule has 0 unspecified atom stereocenters. The lowest BCUT2D eigenvalue weighted by molar-refractivity contribution is -0.385. The van der Waals surface area contributed by atoms with E-state index >= 15 is 0 Å². The fourth-order valence-electron chi connectivity index (χ4n) is 1.10. The standard InChI is InChI=1S/2C6H5NO2.2C2H6/c2*8-7(9)6-4-2-1-3-5-6;2*1-2/h2*1-5H;2*1-2H3. The summed E-state index contributed by atoms with van der Waals surface area (Å²) in [5.41, 5.74) is 0.273. The smallest absolute Gasteiger partial charge is 0.258 e. The molecule has 120 valence electrons. The maximum Gasteiger partial charge on any atom is 0.269 e. The molecule has 0 N–H and O–H groups in total. The number of non-ortho nitro benzene ring substituents is 2. The second-order valence-electron chi connectivity index (χ2n) is 3.19. The topological polar surface area (TPSA) is 86.3 Å². The van der Waals surface area contributed by atoms with Gasteiger partial charge in [0.2, 0.25) is 0 Å². The Morgan fingerprint density at radius 2 is 0.818 bits per heavy atom. The van der Waals surface area contributed by atoms with E-state index in [0.717, 1.165) is 0 Å². The van der Waals surface area contributed by atoms with Crippen molar-refractivity contribution in [3.8, 4) is 0 Å². The summed E-state index contributed by atoms with van der Waals surface area (Å²) in [6, 6.07) is 15.9. The van der Waals surface area contributed by atoms with E-state index < -0.39 is 9.85 Å². The van der Waals surface area contributed by atoms with Crippen molar-refractivity contribution in [3.05, 3.63) is 80.9 Å². The third-order valence-corrected chi connectivity index (χ3v) is 1.93. The second kappa shape index (κ2) is 14.6. The summed E-state index contributed by atoms with van der Waals surface area (Å²) in [4.78, 5) is 19.2. The Morgan fingerprint density at radius 1 is 0.591 bits per heavy atom. The van der Waals surface area contributed by atoms with Gasteiger partial charge in [-0.2, -0.15) is 0 Å². The van der Waals surface area contributed by atoms with Crippen molar-refractivity contribution in [2.45, 2.75) is 27.7 Å². The van der Waals surface area contributed by atoms with Crippen LogP contribution in [-0.2, 0) is 0 Å². The molecule has 0 bridgehead atoms. The first-order chi connectivity index (χ1) is 10.6. The predicted octanol–water partition coefficient (Wildman–Crippen LogP) is 5.24. The van der Waals surface area contributed by atoms with Gasteiger partial charge in [-0.05, 0) is 0 Å². The molecule has 0 fully saturated rings. The number of hydrogen-bond donors (Lipinski definition) is 0. The second-order valence-corrected chi connectivity index (χ2v) is 3.19. The van der Waals surface area contributed by atoms with Crippen LogP contribution in [0, 0.1) is 20.2 Å². The number of nitrogens with zero attached hydrogens (tertiary/aromatic N) is 2. The fraction of sp³-hybridized carbons (Fsp3) is 0.250. The van der Waals surface area contributed by atoms with Crippen molar-refractivity contribution < 1.29 is 9.85 Å². The lowest BCUT2D eigenvalue weighted by atomic mass is 10.3. The summed E-state index contributed by atoms with van der Waals surface area (Å²) >= 11 is 0. The number of nitro groups is 2. The van der Waals surface area contributed by atoms with E-state index in [2.05, 4.69) is 0 Å². The van der Waals surface area contributed by atoms with Crippen LogP contribution in [0.2, 0.25) is 0 Å². The van der Waals surface area contributed by atoms with Crippen LogP contribution in [0.25, 0.3) is 0 Å². The van der Waals surface area contributed by atoms with Crippen LogP contribution in [0.1, 0.15) is 27.7 Å². The lowest BCUT2D eigenvalue weighted by Crippen LogP contribution is -1.84. The minimum Gasteiger partial charge on any atom is -0.258 e. The highest BCUT2D eigenvalue weighted by Crippen LogP contribution is 2.07. The first kappa shape index (κ1) is 21.5. The number of hydrogen-bond acceptors (Lipinski definition) is 4. The monoisotopic (exact) mass is 306 g/mol. The molecule has 0 aliphatic heterocycles. The van der Waals surface area contributed by atoms with E-state index in [9.17, 15) is 20.2 Å². The van der Waals surface area contributed by atoms with Gasteiger partial charge in [0.05, 0.1) is 9.85 Å². The molecule has 0 saturated heterocycles. The van der Waals surface area contributed by atoms with E-state index in [-0.39, 0.29) is 11.4 Å². The highest BCUT2D eigenvalue weighted by atomic mass is 16.6. The van der Waals surface area contributed by atoms with Crippen LogP contribution in [-0.4, -0.2) is 9.85 Å². The zero-order chi connectivity index (χ0) is 17.4. The van der Waals surface area contributed by atoms with Crippen LogP contribution in [0.4, 0.5) is 11.4 Å². The number of rotatable bonds is 2. The highest BCUT2D eigenvalue weighted by Gasteiger charge is 1.99. The first-order valence-electron chi connectivity index (χ1n) is 7.00. The van der Waals surface area contributed by atoms with Gasteiger partial charge in [0, 0.05) is 24.3 Å². The maximum absolute atomic E-state index is 10.0. The number of para-hydroxylation sites is 2. The van der Waals surface area contributed by atoms with Gasteiger partial charge in [-0.3, -0.25) is 20.2 Å². The van der Waals surface area contributed by atoms with Gasteiger partial charge in [0.1, 0.15) is 0 Å². The Hall–Kier alpha value is -2.76. The van der Waals surface area contributed by atoms with Crippen molar-refractivity contribution in [1.29, 1.82) is 0 Å². The van der Waals surface area contributed by atoms with Gasteiger partial charge in [0.15, 0.2) is 0 Å². The molecule has 0 spiro atoms. The molecule has 0 radical (unpaired) electrons. The molecule has 6 heteroatoms. The Balaban J connectivity index is 0. The summed E-state index contributed by atoms with van der Waals surface area (Å²) in [6.07, 6.45) is 0. The van der Waals surface area contributed by atoms with Crippen LogP contribution in [0.3, 0.4) is 0 Å². The molecule has 2 rings (SSSR count). The van der Waals surface area contributed by atoms with Gasteiger partial charge < -0.3 is 0 Å². The summed E-state index contributed by atoms with van der Waals surface area (Å²) in [6.45, 7) is 8.00. The van der Waals surface area contributed by atoms with Crippen molar-refractivity contribution in [1.82, 2.24) is 0 Å². The van der Waals surface area contributed by atoms with E-state index in [1.54, 1.807) is 36.4 Å². The van der Waals surface area contributed by atoms with Gasteiger partial charge >= 0.3 is 0 Å². The normalized spacial score (nSPS) is 7.82. The molecule has 0 atom stereocenters. The minimum absolute atomic E-state index is 0.137. The predicted molar refractivity (Wildman–Crippen MR) is 88.9 cm³/mol. The summed E-state index contributed by atoms with van der Waals surface area (Å²) in [5.74, 6) is 0. The molecule has 22 heavy (non-hydrogen) atoms. The average molecular weight is 306 g/mol. The molecule has 0 heterocycles. The first-order valence-corrected chi connectivity index (χ1v) is 7.00. The summed E-state index contributed by atoms with van der Waals surface area (Å²) in [7, 11) is 0. The number of nitro benzene ring substituents is 2. The van der Waals surface area contributed by atoms with Gasteiger partial charge in [-0.25, -0.2) is 0 Å². The number of benzene rings is 2. The van der Waals surface area contributed by atoms with E-state index in [1.165, 1.54) is 24.3 Å². The molecule has 2 aromatic carbocycles. The Morgan fingerprint density at radius 3 is 0.955 bits per heavy atom.